The van der Waals surface area contributed by atoms with Crippen molar-refractivity contribution in [2.24, 2.45) is 0 Å². The van der Waals surface area contributed by atoms with E-state index < -0.39 is 0 Å². The smallest absolute Gasteiger partial charge is 0.261 e. The van der Waals surface area contributed by atoms with Crippen molar-refractivity contribution in [1.82, 2.24) is 5.32 Å². The first kappa shape index (κ1) is 13.6. The van der Waals surface area contributed by atoms with Gasteiger partial charge in [-0.2, -0.15) is 0 Å². The first-order valence-electron chi connectivity index (χ1n) is 6.22. The minimum Gasteiger partial charge on any atom is -0.351 e. The summed E-state index contributed by atoms with van der Waals surface area (Å²) in [7, 11) is 0. The van der Waals surface area contributed by atoms with Crippen LogP contribution in [0.25, 0.3) is 10.1 Å². The summed E-state index contributed by atoms with van der Waals surface area (Å²) in [5.74, 6) is -0.0542. The molecule has 2 heterocycles. The Balaban J connectivity index is 1.61. The number of halogens is 1. The average Bonchev–Trinajstić information content (AvgIpc) is 3.06. The van der Waals surface area contributed by atoms with E-state index >= 15 is 0 Å². The molecule has 0 radical (unpaired) electrons. The topological polar surface area (TPSA) is 29.1 Å². The van der Waals surface area contributed by atoms with Gasteiger partial charge in [-0.05, 0) is 40.9 Å². The summed E-state index contributed by atoms with van der Waals surface area (Å²) in [4.78, 5) is 12.6. The lowest BCUT2D eigenvalue weighted by Crippen LogP contribution is -2.24. The molecular formula is C15H12ClNOS2. The van der Waals surface area contributed by atoms with Gasteiger partial charge in [-0.3, -0.25) is 4.79 Å². The van der Waals surface area contributed by atoms with Gasteiger partial charge in [0.15, 0.2) is 0 Å². The maximum atomic E-state index is 11.9. The number of carbonyl (C=O) groups excluding carboxylic acids is 1. The molecule has 0 unspecified atom stereocenters. The number of benzene rings is 1. The molecular weight excluding hydrogens is 310 g/mol. The molecule has 20 heavy (non-hydrogen) atoms. The van der Waals surface area contributed by atoms with Crippen molar-refractivity contribution < 1.29 is 4.79 Å². The first-order chi connectivity index (χ1) is 9.74. The summed E-state index contributed by atoms with van der Waals surface area (Å²) >= 11 is 8.87. The Labute approximate surface area is 130 Å². The monoisotopic (exact) mass is 321 g/mol. The van der Waals surface area contributed by atoms with Gasteiger partial charge in [-0.15, -0.1) is 22.7 Å². The zero-order valence-corrected chi connectivity index (χ0v) is 12.9. The highest BCUT2D eigenvalue weighted by molar-refractivity contribution is 7.18. The molecule has 0 fully saturated rings. The van der Waals surface area contributed by atoms with Crippen LogP contribution in [0.3, 0.4) is 0 Å². The summed E-state index contributed by atoms with van der Waals surface area (Å²) in [5.41, 5.74) is 1.29. The lowest BCUT2D eigenvalue weighted by Gasteiger charge is -2.03. The zero-order valence-electron chi connectivity index (χ0n) is 10.6. The molecule has 0 aliphatic carbocycles. The molecule has 102 valence electrons. The van der Waals surface area contributed by atoms with E-state index in [9.17, 15) is 4.79 Å². The molecule has 0 bridgehead atoms. The summed E-state index contributed by atoms with van der Waals surface area (Å²) in [6, 6.07) is 11.8. The molecule has 0 aliphatic heterocycles. The Bertz CT molecular complexity index is 747. The van der Waals surface area contributed by atoms with Crippen molar-refractivity contribution in [3.05, 3.63) is 56.6 Å². The Kier molecular flexibility index (Phi) is 4.05. The van der Waals surface area contributed by atoms with Crippen LogP contribution in [-0.4, -0.2) is 12.5 Å². The molecule has 0 saturated carbocycles. The molecule has 0 spiro atoms. The van der Waals surface area contributed by atoms with E-state index in [4.69, 9.17) is 11.6 Å². The zero-order chi connectivity index (χ0) is 13.9. The highest BCUT2D eigenvalue weighted by atomic mass is 35.5. The number of rotatable bonds is 4. The highest BCUT2D eigenvalue weighted by Gasteiger charge is 2.08. The number of nitrogens with one attached hydrogen (secondary N) is 1. The van der Waals surface area contributed by atoms with Crippen molar-refractivity contribution in [1.29, 1.82) is 0 Å². The lowest BCUT2D eigenvalue weighted by molar-refractivity contribution is 0.0958. The molecule has 0 aliphatic rings. The molecule has 0 saturated heterocycles. The Hall–Kier alpha value is -1.36. The molecule has 3 rings (SSSR count). The Morgan fingerprint density at radius 1 is 1.20 bits per heavy atom. The van der Waals surface area contributed by atoms with Crippen molar-refractivity contribution >= 4 is 50.3 Å². The second kappa shape index (κ2) is 5.95. The first-order valence-corrected chi connectivity index (χ1v) is 8.30. The fourth-order valence-electron chi connectivity index (χ4n) is 2.06. The third kappa shape index (κ3) is 2.87. The minimum atomic E-state index is -0.0542. The average molecular weight is 322 g/mol. The van der Waals surface area contributed by atoms with Gasteiger partial charge in [0.25, 0.3) is 5.91 Å². The van der Waals surface area contributed by atoms with Crippen LogP contribution in [0.15, 0.2) is 41.8 Å². The fraction of sp³-hybridized carbons (Fsp3) is 0.133. The standard InChI is InChI=1S/C15H12ClNOS2/c16-14-6-5-13(20-14)15(18)17-8-7-10-9-19-12-4-2-1-3-11(10)12/h1-6,9H,7-8H2,(H,17,18). The summed E-state index contributed by atoms with van der Waals surface area (Å²) in [6.07, 6.45) is 0.842. The van der Waals surface area contributed by atoms with Crippen LogP contribution in [0.2, 0.25) is 4.34 Å². The molecule has 5 heteroatoms. The SMILES string of the molecule is O=C(NCCc1csc2ccccc12)c1ccc(Cl)s1. The van der Waals surface area contributed by atoms with Crippen molar-refractivity contribution in [3.63, 3.8) is 0 Å². The van der Waals surface area contributed by atoms with Crippen LogP contribution < -0.4 is 5.32 Å². The summed E-state index contributed by atoms with van der Waals surface area (Å²) in [5, 5.41) is 6.38. The van der Waals surface area contributed by atoms with Gasteiger partial charge in [-0.1, -0.05) is 29.8 Å². The van der Waals surface area contributed by atoms with E-state index in [1.54, 1.807) is 23.5 Å². The molecule has 1 amide bonds. The maximum absolute atomic E-state index is 11.9. The maximum Gasteiger partial charge on any atom is 0.261 e. The predicted octanol–water partition coefficient (Wildman–Crippen LogP) is 4.59. The molecule has 3 aromatic rings. The summed E-state index contributed by atoms with van der Waals surface area (Å²) < 4.78 is 1.93. The minimum absolute atomic E-state index is 0.0542. The predicted molar refractivity (Wildman–Crippen MR) is 87.2 cm³/mol. The summed E-state index contributed by atoms with van der Waals surface area (Å²) in [6.45, 7) is 0.634. The number of fused-ring (bicyclic) bond motifs is 1. The van der Waals surface area contributed by atoms with Crippen LogP contribution in [0.1, 0.15) is 15.2 Å². The van der Waals surface area contributed by atoms with E-state index in [1.165, 1.54) is 27.0 Å². The largest absolute Gasteiger partial charge is 0.351 e. The van der Waals surface area contributed by atoms with Crippen LogP contribution >= 0.6 is 34.3 Å². The number of carbonyl (C=O) groups is 1. The third-order valence-electron chi connectivity index (χ3n) is 3.04. The molecule has 2 aromatic heterocycles. The normalized spacial score (nSPS) is 10.8. The Morgan fingerprint density at radius 3 is 2.85 bits per heavy atom. The van der Waals surface area contributed by atoms with Crippen molar-refractivity contribution in [3.8, 4) is 0 Å². The van der Waals surface area contributed by atoms with E-state index in [0.29, 0.717) is 15.8 Å². The van der Waals surface area contributed by atoms with Gasteiger partial charge in [-0.25, -0.2) is 0 Å². The van der Waals surface area contributed by atoms with E-state index in [-0.39, 0.29) is 5.91 Å². The van der Waals surface area contributed by atoms with Crippen molar-refractivity contribution in [2.45, 2.75) is 6.42 Å². The van der Waals surface area contributed by atoms with E-state index in [2.05, 4.69) is 22.8 Å². The van der Waals surface area contributed by atoms with Gasteiger partial charge in [0.2, 0.25) is 0 Å². The highest BCUT2D eigenvalue weighted by Crippen LogP contribution is 2.26. The van der Waals surface area contributed by atoms with Crippen LogP contribution in [0, 0.1) is 0 Å². The molecule has 0 atom stereocenters. The molecule has 1 N–H and O–H groups in total. The van der Waals surface area contributed by atoms with Crippen LogP contribution in [0.5, 0.6) is 0 Å². The van der Waals surface area contributed by atoms with Gasteiger partial charge in [0.1, 0.15) is 0 Å². The fourth-order valence-corrected chi connectivity index (χ4v) is 4.02. The second-order valence-electron chi connectivity index (χ2n) is 4.37. The third-order valence-corrected chi connectivity index (χ3v) is 5.28. The molecule has 2 nitrogen and oxygen atoms in total. The molecule has 1 aromatic carbocycles. The lowest BCUT2D eigenvalue weighted by atomic mass is 10.1. The van der Waals surface area contributed by atoms with E-state index in [0.717, 1.165) is 6.42 Å². The van der Waals surface area contributed by atoms with Crippen LogP contribution in [0.4, 0.5) is 0 Å². The van der Waals surface area contributed by atoms with Gasteiger partial charge < -0.3 is 5.32 Å². The van der Waals surface area contributed by atoms with E-state index in [1.807, 2.05) is 12.1 Å². The number of amides is 1. The quantitative estimate of drug-likeness (QED) is 0.748. The van der Waals surface area contributed by atoms with Gasteiger partial charge in [0.05, 0.1) is 9.21 Å². The number of hydrogen-bond donors (Lipinski definition) is 1. The number of hydrogen-bond acceptors (Lipinski definition) is 3. The second-order valence-corrected chi connectivity index (χ2v) is 6.99. The van der Waals surface area contributed by atoms with Crippen LogP contribution in [-0.2, 0) is 6.42 Å². The number of thiophene rings is 2. The van der Waals surface area contributed by atoms with Gasteiger partial charge in [0, 0.05) is 11.2 Å². The van der Waals surface area contributed by atoms with Crippen molar-refractivity contribution in [2.75, 3.05) is 6.54 Å². The van der Waals surface area contributed by atoms with Gasteiger partial charge >= 0.3 is 0 Å². The Morgan fingerprint density at radius 2 is 2.05 bits per heavy atom.